The number of nitrogens with two attached hydrogens (primary N) is 1. The van der Waals surface area contributed by atoms with E-state index in [0.29, 0.717) is 37.0 Å². The molecule has 2 heterocycles. The number of carbonyl (C=O) groups excluding carboxylic acids is 1. The van der Waals surface area contributed by atoms with E-state index >= 15 is 0 Å². The van der Waals surface area contributed by atoms with Gasteiger partial charge in [0.15, 0.2) is 0 Å². The topological polar surface area (TPSA) is 49.6 Å². The van der Waals surface area contributed by atoms with Crippen LogP contribution in [0.2, 0.25) is 0 Å². The Morgan fingerprint density at radius 1 is 1.21 bits per heavy atom. The van der Waals surface area contributed by atoms with Crippen molar-refractivity contribution in [2.45, 2.75) is 58.0 Å². The van der Waals surface area contributed by atoms with Crippen molar-refractivity contribution in [2.75, 3.05) is 26.2 Å². The van der Waals surface area contributed by atoms with Crippen molar-refractivity contribution < 1.29 is 4.79 Å². The number of rotatable bonds is 3. The Balaban J connectivity index is 1.92. The van der Waals surface area contributed by atoms with Crippen LogP contribution in [-0.4, -0.2) is 54.0 Å². The standard InChI is InChI=1S/C15H29N3O/c1-12-5-4-8-17(10-12)15(19)11-18-13(2)6-3-7-14(18)9-16/h12-14H,3-11,16H2,1-2H3. The van der Waals surface area contributed by atoms with Crippen LogP contribution in [0.5, 0.6) is 0 Å². The summed E-state index contributed by atoms with van der Waals surface area (Å²) in [7, 11) is 0. The zero-order valence-electron chi connectivity index (χ0n) is 12.5. The summed E-state index contributed by atoms with van der Waals surface area (Å²) in [5, 5.41) is 0. The molecule has 4 nitrogen and oxygen atoms in total. The Hall–Kier alpha value is -0.610. The molecular weight excluding hydrogens is 238 g/mol. The van der Waals surface area contributed by atoms with E-state index in [-0.39, 0.29) is 0 Å². The minimum atomic E-state index is 0.304. The van der Waals surface area contributed by atoms with E-state index in [0.717, 1.165) is 25.9 Å². The van der Waals surface area contributed by atoms with Gasteiger partial charge >= 0.3 is 0 Å². The molecule has 0 bridgehead atoms. The van der Waals surface area contributed by atoms with Crippen molar-refractivity contribution in [2.24, 2.45) is 11.7 Å². The molecule has 0 spiro atoms. The van der Waals surface area contributed by atoms with Crippen LogP contribution < -0.4 is 5.73 Å². The lowest BCUT2D eigenvalue weighted by atomic mass is 9.96. The summed E-state index contributed by atoms with van der Waals surface area (Å²) in [5.74, 6) is 0.959. The molecule has 2 rings (SSSR count). The first-order valence-electron chi connectivity index (χ1n) is 7.85. The second kappa shape index (κ2) is 6.71. The lowest BCUT2D eigenvalue weighted by Crippen LogP contribution is -2.53. The molecule has 2 N–H and O–H groups in total. The van der Waals surface area contributed by atoms with Crippen LogP contribution in [0, 0.1) is 5.92 Å². The van der Waals surface area contributed by atoms with Crippen LogP contribution in [0.15, 0.2) is 0 Å². The van der Waals surface area contributed by atoms with Gasteiger partial charge in [-0.1, -0.05) is 13.3 Å². The summed E-state index contributed by atoms with van der Waals surface area (Å²) in [6.45, 7) is 7.59. The van der Waals surface area contributed by atoms with E-state index in [9.17, 15) is 4.79 Å². The Labute approximate surface area is 117 Å². The smallest absolute Gasteiger partial charge is 0.236 e. The summed E-state index contributed by atoms with van der Waals surface area (Å²) in [4.78, 5) is 16.9. The molecule has 3 unspecified atom stereocenters. The predicted molar refractivity (Wildman–Crippen MR) is 77.8 cm³/mol. The van der Waals surface area contributed by atoms with E-state index in [4.69, 9.17) is 5.73 Å². The number of nitrogens with zero attached hydrogens (tertiary/aromatic N) is 2. The average molecular weight is 267 g/mol. The minimum absolute atomic E-state index is 0.304. The first-order valence-corrected chi connectivity index (χ1v) is 7.85. The van der Waals surface area contributed by atoms with E-state index < -0.39 is 0 Å². The van der Waals surface area contributed by atoms with Crippen LogP contribution in [0.4, 0.5) is 0 Å². The first kappa shape index (κ1) is 14.8. The fourth-order valence-electron chi connectivity index (χ4n) is 3.55. The highest BCUT2D eigenvalue weighted by molar-refractivity contribution is 5.78. The molecule has 0 aromatic heterocycles. The van der Waals surface area contributed by atoms with Crippen molar-refractivity contribution in [1.29, 1.82) is 0 Å². The summed E-state index contributed by atoms with van der Waals surface area (Å²) in [6.07, 6.45) is 6.00. The number of hydrogen-bond donors (Lipinski definition) is 1. The second-order valence-electron chi connectivity index (χ2n) is 6.43. The van der Waals surface area contributed by atoms with E-state index in [1.807, 2.05) is 0 Å². The van der Waals surface area contributed by atoms with Gasteiger partial charge in [-0.05, 0) is 38.5 Å². The maximum atomic E-state index is 12.5. The van der Waals surface area contributed by atoms with Gasteiger partial charge in [0.05, 0.1) is 6.54 Å². The zero-order valence-corrected chi connectivity index (χ0v) is 12.5. The van der Waals surface area contributed by atoms with Gasteiger partial charge in [-0.2, -0.15) is 0 Å². The molecule has 2 saturated heterocycles. The van der Waals surface area contributed by atoms with Gasteiger partial charge in [0.1, 0.15) is 0 Å². The molecule has 1 amide bonds. The largest absolute Gasteiger partial charge is 0.341 e. The van der Waals surface area contributed by atoms with Crippen LogP contribution in [0.25, 0.3) is 0 Å². The van der Waals surface area contributed by atoms with E-state index in [1.54, 1.807) is 0 Å². The SMILES string of the molecule is CC1CCCN(C(=O)CN2C(C)CCCC2CN)C1. The molecule has 0 aromatic rings. The first-order chi connectivity index (χ1) is 9.11. The maximum absolute atomic E-state index is 12.5. The van der Waals surface area contributed by atoms with Crippen molar-refractivity contribution in [1.82, 2.24) is 9.80 Å². The summed E-state index contributed by atoms with van der Waals surface area (Å²) >= 11 is 0. The number of likely N-dealkylation sites (tertiary alicyclic amines) is 2. The third kappa shape index (κ3) is 3.69. The molecule has 0 saturated carbocycles. The number of amides is 1. The molecule has 0 radical (unpaired) electrons. The van der Waals surface area contributed by atoms with Crippen LogP contribution in [-0.2, 0) is 4.79 Å². The van der Waals surface area contributed by atoms with E-state index in [2.05, 4.69) is 23.6 Å². The molecule has 2 aliphatic rings. The van der Waals surface area contributed by atoms with Crippen LogP contribution >= 0.6 is 0 Å². The Morgan fingerprint density at radius 2 is 2.00 bits per heavy atom. The van der Waals surface area contributed by atoms with Gasteiger partial charge < -0.3 is 10.6 Å². The lowest BCUT2D eigenvalue weighted by molar-refractivity contribution is -0.135. The van der Waals surface area contributed by atoms with Crippen molar-refractivity contribution in [3.05, 3.63) is 0 Å². The van der Waals surface area contributed by atoms with Crippen molar-refractivity contribution in [3.63, 3.8) is 0 Å². The highest BCUT2D eigenvalue weighted by atomic mass is 16.2. The van der Waals surface area contributed by atoms with Crippen LogP contribution in [0.3, 0.4) is 0 Å². The lowest BCUT2D eigenvalue weighted by Gasteiger charge is -2.41. The molecule has 2 aliphatic heterocycles. The van der Waals surface area contributed by atoms with Gasteiger partial charge in [0.25, 0.3) is 0 Å². The van der Waals surface area contributed by atoms with Crippen molar-refractivity contribution >= 4 is 5.91 Å². The zero-order chi connectivity index (χ0) is 13.8. The predicted octanol–water partition coefficient (Wildman–Crippen LogP) is 1.45. The van der Waals surface area contributed by atoms with Gasteiger partial charge in [-0.25, -0.2) is 0 Å². The number of hydrogen-bond acceptors (Lipinski definition) is 3. The molecule has 4 heteroatoms. The molecule has 19 heavy (non-hydrogen) atoms. The molecule has 0 aliphatic carbocycles. The summed E-state index contributed by atoms with van der Waals surface area (Å²) < 4.78 is 0. The van der Waals surface area contributed by atoms with E-state index in [1.165, 1.54) is 19.3 Å². The quantitative estimate of drug-likeness (QED) is 0.842. The molecule has 0 aromatic carbocycles. The fraction of sp³-hybridized carbons (Fsp3) is 0.933. The summed E-state index contributed by atoms with van der Waals surface area (Å²) in [5.41, 5.74) is 5.87. The fourth-order valence-corrected chi connectivity index (χ4v) is 3.55. The average Bonchev–Trinajstić information content (AvgIpc) is 2.41. The maximum Gasteiger partial charge on any atom is 0.236 e. The molecule has 3 atom stereocenters. The van der Waals surface area contributed by atoms with Crippen molar-refractivity contribution in [3.8, 4) is 0 Å². The normalized spacial score (nSPS) is 33.4. The second-order valence-corrected chi connectivity index (χ2v) is 6.43. The van der Waals surface area contributed by atoms with Gasteiger partial charge in [0.2, 0.25) is 5.91 Å². The highest BCUT2D eigenvalue weighted by Gasteiger charge is 2.30. The van der Waals surface area contributed by atoms with Gasteiger partial charge in [0, 0.05) is 31.7 Å². The molecule has 2 fully saturated rings. The summed E-state index contributed by atoms with van der Waals surface area (Å²) in [6, 6.07) is 0.892. The monoisotopic (exact) mass is 267 g/mol. The minimum Gasteiger partial charge on any atom is -0.341 e. The molecular formula is C15H29N3O. The Kier molecular flexibility index (Phi) is 5.22. The molecule has 110 valence electrons. The Morgan fingerprint density at radius 3 is 2.68 bits per heavy atom. The number of carbonyl (C=O) groups is 1. The third-order valence-corrected chi connectivity index (χ3v) is 4.79. The van der Waals surface area contributed by atoms with Gasteiger partial charge in [-0.15, -0.1) is 0 Å². The van der Waals surface area contributed by atoms with Gasteiger partial charge in [-0.3, -0.25) is 9.69 Å². The number of piperidine rings is 2. The third-order valence-electron chi connectivity index (χ3n) is 4.79. The van der Waals surface area contributed by atoms with Crippen LogP contribution in [0.1, 0.15) is 46.0 Å². The highest BCUT2D eigenvalue weighted by Crippen LogP contribution is 2.23. The Bertz CT molecular complexity index is 308.